The molecule has 0 heterocycles. The fraction of sp³-hybridized carbons (Fsp3) is 0. The minimum atomic E-state index is 0.651. The third-order valence-electron chi connectivity index (χ3n) is 3.17. The molecule has 3 aromatic carbocycles. The van der Waals surface area contributed by atoms with Gasteiger partial charge >= 0.3 is 0 Å². The van der Waals surface area contributed by atoms with E-state index in [-0.39, 0.29) is 0 Å². The van der Waals surface area contributed by atoms with Crippen molar-refractivity contribution in [2.45, 2.75) is 0 Å². The molecule has 23 heavy (non-hydrogen) atoms. The standard InChI is InChI=1S/C21H15N2/c1-4-10-18(11-5-1)16-17-21(19-12-6-2-7-13-19)23-22-20-14-8-3-9-15-20/h1-15H/q-1/b23-21+. The average Bonchev–Trinajstić information content (AvgIpc) is 2.64. The van der Waals surface area contributed by atoms with Gasteiger partial charge in [0.25, 0.3) is 0 Å². The zero-order chi connectivity index (χ0) is 15.7. The third kappa shape index (κ3) is 4.33. The van der Waals surface area contributed by atoms with Gasteiger partial charge in [-0.15, -0.1) is 5.69 Å². The van der Waals surface area contributed by atoms with Crippen LogP contribution in [0.25, 0.3) is 5.43 Å². The van der Waals surface area contributed by atoms with Gasteiger partial charge in [-0.3, -0.25) is 0 Å². The second kappa shape index (κ2) is 7.63. The smallest absolute Gasteiger partial charge is 0.100 e. The fourth-order valence-electron chi connectivity index (χ4n) is 2.01. The molecule has 0 radical (unpaired) electrons. The predicted octanol–water partition coefficient (Wildman–Crippen LogP) is 5.15. The van der Waals surface area contributed by atoms with E-state index in [4.69, 9.17) is 0 Å². The summed E-state index contributed by atoms with van der Waals surface area (Å²) >= 11 is 0. The van der Waals surface area contributed by atoms with Crippen LogP contribution in [0.1, 0.15) is 11.1 Å². The van der Waals surface area contributed by atoms with Crippen molar-refractivity contribution in [2.75, 3.05) is 0 Å². The lowest BCUT2D eigenvalue weighted by Gasteiger charge is -2.16. The normalized spacial score (nSPS) is 10.5. The van der Waals surface area contributed by atoms with Crippen LogP contribution in [0.3, 0.4) is 0 Å². The highest BCUT2D eigenvalue weighted by Gasteiger charge is 1.96. The molecule has 0 saturated carbocycles. The summed E-state index contributed by atoms with van der Waals surface area (Å²) in [6, 6.07) is 29.4. The monoisotopic (exact) mass is 295 g/mol. The minimum absolute atomic E-state index is 0.651. The van der Waals surface area contributed by atoms with Crippen molar-refractivity contribution in [3.8, 4) is 11.8 Å². The Hall–Kier alpha value is -3.31. The zero-order valence-corrected chi connectivity index (χ0v) is 12.6. The summed E-state index contributed by atoms with van der Waals surface area (Å²) in [5.41, 5.74) is 7.65. The van der Waals surface area contributed by atoms with Crippen LogP contribution in [0.4, 0.5) is 5.69 Å². The maximum absolute atomic E-state index is 4.35. The van der Waals surface area contributed by atoms with Crippen LogP contribution in [-0.4, -0.2) is 5.71 Å². The molecule has 0 atom stereocenters. The van der Waals surface area contributed by atoms with Gasteiger partial charge in [0, 0.05) is 11.1 Å². The summed E-state index contributed by atoms with van der Waals surface area (Å²) in [6.45, 7) is 0. The van der Waals surface area contributed by atoms with E-state index in [2.05, 4.69) is 22.4 Å². The van der Waals surface area contributed by atoms with Gasteiger partial charge in [0.2, 0.25) is 0 Å². The fourth-order valence-corrected chi connectivity index (χ4v) is 2.01. The van der Waals surface area contributed by atoms with Gasteiger partial charge in [-0.25, -0.2) is 0 Å². The third-order valence-corrected chi connectivity index (χ3v) is 3.17. The quantitative estimate of drug-likeness (QED) is 0.363. The topological polar surface area (TPSA) is 26.5 Å². The molecule has 0 fully saturated rings. The molecule has 0 bridgehead atoms. The minimum Gasteiger partial charge on any atom is -0.574 e. The van der Waals surface area contributed by atoms with E-state index >= 15 is 0 Å². The Balaban J connectivity index is 1.90. The van der Waals surface area contributed by atoms with Gasteiger partial charge in [0.05, 0.1) is 0 Å². The molecule has 0 aromatic heterocycles. The van der Waals surface area contributed by atoms with E-state index in [1.54, 1.807) is 0 Å². The van der Waals surface area contributed by atoms with Crippen LogP contribution in [0.5, 0.6) is 0 Å². The number of hydrogen-bond donors (Lipinski definition) is 0. The van der Waals surface area contributed by atoms with Crippen LogP contribution in [0.15, 0.2) is 96.1 Å². The highest BCUT2D eigenvalue weighted by molar-refractivity contribution is 6.13. The van der Waals surface area contributed by atoms with Gasteiger partial charge < -0.3 is 10.5 Å². The summed E-state index contributed by atoms with van der Waals surface area (Å²) in [4.78, 5) is 0. The van der Waals surface area contributed by atoms with Gasteiger partial charge in [-0.05, 0) is 18.1 Å². The second-order valence-corrected chi connectivity index (χ2v) is 4.87. The number of benzene rings is 3. The molecule has 0 spiro atoms. The van der Waals surface area contributed by atoms with E-state index in [0.717, 1.165) is 16.8 Å². The first kappa shape index (κ1) is 14.6. The Bertz CT molecular complexity index is 827. The first-order chi connectivity index (χ1) is 11.4. The average molecular weight is 295 g/mol. The number of rotatable bonds is 3. The van der Waals surface area contributed by atoms with Crippen LogP contribution < -0.4 is 0 Å². The summed E-state index contributed by atoms with van der Waals surface area (Å²) in [7, 11) is 0. The molecule has 2 nitrogen and oxygen atoms in total. The van der Waals surface area contributed by atoms with Crippen LogP contribution in [-0.2, 0) is 0 Å². The highest BCUT2D eigenvalue weighted by Crippen LogP contribution is 2.18. The summed E-state index contributed by atoms with van der Waals surface area (Å²) in [6.07, 6.45) is 0. The first-order valence-electron chi connectivity index (χ1n) is 7.38. The highest BCUT2D eigenvalue weighted by atomic mass is 15.3. The van der Waals surface area contributed by atoms with Gasteiger partial charge in [0.15, 0.2) is 0 Å². The number of hydrogen-bond acceptors (Lipinski definition) is 1. The predicted molar refractivity (Wildman–Crippen MR) is 95.8 cm³/mol. The Kier molecular flexibility index (Phi) is 4.85. The molecule has 0 unspecified atom stereocenters. The Morgan fingerprint density at radius 3 is 1.91 bits per heavy atom. The molecular formula is C21H15N2-. The largest absolute Gasteiger partial charge is 0.574 e. The van der Waals surface area contributed by atoms with Crippen LogP contribution in [0, 0.1) is 11.8 Å². The van der Waals surface area contributed by atoms with Crippen LogP contribution >= 0.6 is 0 Å². The van der Waals surface area contributed by atoms with Crippen LogP contribution in [0.2, 0.25) is 0 Å². The molecule has 3 aromatic rings. The second-order valence-electron chi connectivity index (χ2n) is 4.87. The van der Waals surface area contributed by atoms with Crippen molar-refractivity contribution in [3.63, 3.8) is 0 Å². The molecule has 3 rings (SSSR count). The molecule has 0 aliphatic carbocycles. The Labute approximate surface area is 136 Å². The molecule has 0 N–H and O–H groups in total. The summed E-state index contributed by atoms with van der Waals surface area (Å²) in [5, 5.41) is 4.35. The van der Waals surface area contributed by atoms with E-state index in [0.29, 0.717) is 5.71 Å². The SMILES string of the molecule is C(#Cc1ccccc1)/C(=N\[N-]c1ccccc1)c1ccccc1. The van der Waals surface area contributed by atoms with E-state index in [1.807, 2.05) is 91.0 Å². The van der Waals surface area contributed by atoms with Crippen molar-refractivity contribution in [1.29, 1.82) is 0 Å². The van der Waals surface area contributed by atoms with Gasteiger partial charge in [-0.2, -0.15) is 0 Å². The molecule has 0 saturated heterocycles. The molecule has 0 amide bonds. The van der Waals surface area contributed by atoms with Crippen molar-refractivity contribution in [2.24, 2.45) is 5.10 Å². The van der Waals surface area contributed by atoms with Crippen molar-refractivity contribution in [3.05, 3.63) is 108 Å². The lowest BCUT2D eigenvalue weighted by atomic mass is 10.1. The van der Waals surface area contributed by atoms with E-state index < -0.39 is 0 Å². The maximum atomic E-state index is 4.35. The number of nitrogens with zero attached hydrogens (tertiary/aromatic N) is 2. The van der Waals surface area contributed by atoms with Crippen molar-refractivity contribution < 1.29 is 0 Å². The summed E-state index contributed by atoms with van der Waals surface area (Å²) < 4.78 is 0. The molecule has 110 valence electrons. The first-order valence-corrected chi connectivity index (χ1v) is 7.38. The lowest BCUT2D eigenvalue weighted by molar-refractivity contribution is 1.44. The van der Waals surface area contributed by atoms with E-state index in [1.165, 1.54) is 0 Å². The molecule has 0 aliphatic rings. The van der Waals surface area contributed by atoms with Crippen molar-refractivity contribution >= 4 is 11.4 Å². The zero-order valence-electron chi connectivity index (χ0n) is 12.6. The van der Waals surface area contributed by atoms with Crippen molar-refractivity contribution in [1.82, 2.24) is 0 Å². The molecular weight excluding hydrogens is 280 g/mol. The summed E-state index contributed by atoms with van der Waals surface area (Å²) in [5.74, 6) is 6.27. The van der Waals surface area contributed by atoms with E-state index in [9.17, 15) is 0 Å². The lowest BCUT2D eigenvalue weighted by Crippen LogP contribution is -1.96. The Morgan fingerprint density at radius 2 is 1.26 bits per heavy atom. The Morgan fingerprint density at radius 1 is 0.696 bits per heavy atom. The molecule has 0 aliphatic heterocycles. The molecule has 2 heteroatoms. The maximum Gasteiger partial charge on any atom is 0.100 e. The van der Waals surface area contributed by atoms with Gasteiger partial charge in [-0.1, -0.05) is 84.8 Å². The van der Waals surface area contributed by atoms with Gasteiger partial charge in [0.1, 0.15) is 5.71 Å².